The lowest BCUT2D eigenvalue weighted by molar-refractivity contribution is -0.0783. The van der Waals surface area contributed by atoms with Crippen LogP contribution in [0.2, 0.25) is 0 Å². The summed E-state index contributed by atoms with van der Waals surface area (Å²) in [6, 6.07) is 5.65. The molecular weight excluding hydrogens is 387 g/mol. The molecule has 0 radical (unpaired) electrons. The Balaban J connectivity index is 1.94. The number of carbonyl (C=O) groups is 1. The van der Waals surface area contributed by atoms with Crippen molar-refractivity contribution in [3.8, 4) is 0 Å². The minimum Gasteiger partial charge on any atom is -0.389 e. The lowest BCUT2D eigenvalue weighted by Crippen LogP contribution is -2.51. The van der Waals surface area contributed by atoms with Crippen molar-refractivity contribution in [1.29, 1.82) is 0 Å². The van der Waals surface area contributed by atoms with Gasteiger partial charge in [0.05, 0.1) is 31.0 Å². The summed E-state index contributed by atoms with van der Waals surface area (Å²) >= 11 is 0. The molecule has 0 unspecified atom stereocenters. The summed E-state index contributed by atoms with van der Waals surface area (Å²) < 4.78 is 24.8. The fourth-order valence-electron chi connectivity index (χ4n) is 3.46. The zero-order valence-corrected chi connectivity index (χ0v) is 18.9. The summed E-state index contributed by atoms with van der Waals surface area (Å²) in [5.41, 5.74) is 0.187. The van der Waals surface area contributed by atoms with Crippen LogP contribution in [0, 0.1) is 11.7 Å². The van der Waals surface area contributed by atoms with Crippen molar-refractivity contribution >= 4 is 5.91 Å². The minimum atomic E-state index is -0.574. The Labute approximate surface area is 179 Å². The maximum Gasteiger partial charge on any atom is 0.253 e. The van der Waals surface area contributed by atoms with E-state index in [0.717, 1.165) is 6.54 Å². The predicted octanol–water partition coefficient (Wildman–Crippen LogP) is 2.80. The number of amides is 1. The number of halogens is 1. The number of carbonyl (C=O) groups excluding carboxylic acids is 1. The summed E-state index contributed by atoms with van der Waals surface area (Å²) in [6.45, 7) is 13.8. The molecule has 1 aliphatic rings. The third-order valence-electron chi connectivity index (χ3n) is 4.79. The van der Waals surface area contributed by atoms with Gasteiger partial charge in [0.25, 0.3) is 5.91 Å². The van der Waals surface area contributed by atoms with Gasteiger partial charge in [-0.25, -0.2) is 4.39 Å². The number of morpholine rings is 1. The molecular formula is C23H37FN2O4. The van der Waals surface area contributed by atoms with E-state index in [-0.39, 0.29) is 30.0 Å². The molecule has 170 valence electrons. The van der Waals surface area contributed by atoms with E-state index >= 15 is 0 Å². The summed E-state index contributed by atoms with van der Waals surface area (Å²) in [7, 11) is 0. The van der Waals surface area contributed by atoms with Crippen LogP contribution in [0.3, 0.4) is 0 Å². The van der Waals surface area contributed by atoms with Crippen LogP contribution >= 0.6 is 0 Å². The van der Waals surface area contributed by atoms with E-state index in [2.05, 4.69) is 18.7 Å². The van der Waals surface area contributed by atoms with E-state index in [4.69, 9.17) is 9.47 Å². The number of aliphatic hydroxyl groups is 1. The fraction of sp³-hybridized carbons (Fsp3) is 0.696. The molecule has 0 aliphatic carbocycles. The van der Waals surface area contributed by atoms with Crippen molar-refractivity contribution in [2.45, 2.75) is 52.4 Å². The first-order valence-electron chi connectivity index (χ1n) is 10.7. The van der Waals surface area contributed by atoms with Gasteiger partial charge in [-0.15, -0.1) is 0 Å². The van der Waals surface area contributed by atoms with Crippen molar-refractivity contribution in [2.75, 3.05) is 45.9 Å². The van der Waals surface area contributed by atoms with Crippen LogP contribution in [0.5, 0.6) is 0 Å². The maximum atomic E-state index is 13.2. The van der Waals surface area contributed by atoms with Crippen LogP contribution in [0.15, 0.2) is 24.3 Å². The van der Waals surface area contributed by atoms with E-state index in [1.807, 2.05) is 20.8 Å². The number of rotatable bonds is 9. The van der Waals surface area contributed by atoms with Crippen LogP contribution in [-0.2, 0) is 9.47 Å². The quantitative estimate of drug-likeness (QED) is 0.661. The van der Waals surface area contributed by atoms with Crippen molar-refractivity contribution in [3.63, 3.8) is 0 Å². The third kappa shape index (κ3) is 8.68. The van der Waals surface area contributed by atoms with Crippen LogP contribution in [0.1, 0.15) is 45.0 Å². The van der Waals surface area contributed by atoms with Crippen molar-refractivity contribution in [2.24, 2.45) is 5.92 Å². The Hall–Kier alpha value is -1.54. The van der Waals surface area contributed by atoms with Gasteiger partial charge in [-0.3, -0.25) is 9.69 Å². The minimum absolute atomic E-state index is 0.122. The van der Waals surface area contributed by atoms with Crippen LogP contribution in [0.25, 0.3) is 0 Å². The number of nitrogens with zero attached hydrogens (tertiary/aromatic N) is 2. The number of aliphatic hydroxyl groups excluding tert-OH is 1. The Morgan fingerprint density at radius 1 is 1.33 bits per heavy atom. The average Bonchev–Trinajstić information content (AvgIpc) is 2.65. The lowest BCUT2D eigenvalue weighted by Gasteiger charge is -2.37. The summed E-state index contributed by atoms with van der Waals surface area (Å²) in [5.74, 6) is -0.185. The molecule has 0 saturated carbocycles. The van der Waals surface area contributed by atoms with E-state index in [9.17, 15) is 14.3 Å². The molecule has 6 nitrogen and oxygen atoms in total. The summed E-state index contributed by atoms with van der Waals surface area (Å²) in [4.78, 5) is 16.9. The molecule has 1 aromatic carbocycles. The molecule has 1 heterocycles. The topological polar surface area (TPSA) is 62.2 Å². The second-order valence-corrected chi connectivity index (χ2v) is 9.44. The standard InChI is InChI=1S/C23H37FN2O4/c1-17(2)12-26(22(28)18-6-8-19(24)9-7-18)15-21-14-25(10-11-29-21)13-20(27)16-30-23(3,4)5/h6-9,17,20-21,27H,10-16H2,1-5H3/t20-,21+/m1/s1. The number of hydrogen-bond donors (Lipinski definition) is 1. The molecule has 1 saturated heterocycles. The Bertz CT molecular complexity index is 660. The van der Waals surface area contributed by atoms with Gasteiger partial charge < -0.3 is 19.5 Å². The van der Waals surface area contributed by atoms with Crippen LogP contribution in [-0.4, -0.2) is 84.6 Å². The van der Waals surface area contributed by atoms with Gasteiger partial charge in [-0.05, 0) is 51.0 Å². The van der Waals surface area contributed by atoms with Gasteiger partial charge in [0.2, 0.25) is 0 Å². The molecule has 1 aromatic rings. The normalized spacial score (nSPS) is 19.1. The maximum absolute atomic E-state index is 13.2. The van der Waals surface area contributed by atoms with Gasteiger partial charge in [0.1, 0.15) is 5.82 Å². The van der Waals surface area contributed by atoms with Gasteiger partial charge in [-0.2, -0.15) is 0 Å². The second kappa shape index (κ2) is 11.2. The highest BCUT2D eigenvalue weighted by Gasteiger charge is 2.27. The monoisotopic (exact) mass is 424 g/mol. The molecule has 0 bridgehead atoms. The highest BCUT2D eigenvalue weighted by molar-refractivity contribution is 5.94. The SMILES string of the molecule is CC(C)CN(C[C@@H]1CN(C[C@@H](O)COC(C)(C)C)CCO1)C(=O)c1ccc(F)cc1. The molecule has 7 heteroatoms. The highest BCUT2D eigenvalue weighted by Crippen LogP contribution is 2.14. The zero-order chi connectivity index (χ0) is 22.3. The molecule has 1 aliphatic heterocycles. The van der Waals surface area contributed by atoms with Crippen molar-refractivity contribution < 1.29 is 23.8 Å². The molecule has 0 aromatic heterocycles. The number of benzene rings is 1. The highest BCUT2D eigenvalue weighted by atomic mass is 19.1. The summed E-state index contributed by atoms with van der Waals surface area (Å²) in [6.07, 6.45) is -0.715. The molecule has 1 fully saturated rings. The molecule has 1 N–H and O–H groups in total. The molecule has 0 spiro atoms. The van der Waals surface area contributed by atoms with Gasteiger partial charge in [0.15, 0.2) is 0 Å². The average molecular weight is 425 g/mol. The van der Waals surface area contributed by atoms with Crippen molar-refractivity contribution in [3.05, 3.63) is 35.6 Å². The van der Waals surface area contributed by atoms with E-state index < -0.39 is 6.10 Å². The number of ether oxygens (including phenoxy) is 2. The van der Waals surface area contributed by atoms with Gasteiger partial charge in [-0.1, -0.05) is 13.8 Å². The number of hydrogen-bond acceptors (Lipinski definition) is 5. The zero-order valence-electron chi connectivity index (χ0n) is 18.9. The fourth-order valence-corrected chi connectivity index (χ4v) is 3.46. The number of β-amino-alcohol motifs (C(OH)–C–C–N with tert-alkyl or cyclic N) is 1. The lowest BCUT2D eigenvalue weighted by atomic mass is 10.1. The first-order chi connectivity index (χ1) is 14.0. The third-order valence-corrected chi connectivity index (χ3v) is 4.79. The van der Waals surface area contributed by atoms with Gasteiger partial charge >= 0.3 is 0 Å². The van der Waals surface area contributed by atoms with E-state index in [1.165, 1.54) is 24.3 Å². The molecule has 1 amide bonds. The first-order valence-corrected chi connectivity index (χ1v) is 10.7. The van der Waals surface area contributed by atoms with Crippen LogP contribution in [0.4, 0.5) is 4.39 Å². The van der Waals surface area contributed by atoms with Crippen LogP contribution < -0.4 is 0 Å². The summed E-state index contributed by atoms with van der Waals surface area (Å²) in [5, 5.41) is 10.3. The van der Waals surface area contributed by atoms with E-state index in [0.29, 0.717) is 44.3 Å². The smallest absolute Gasteiger partial charge is 0.253 e. The van der Waals surface area contributed by atoms with Gasteiger partial charge in [0, 0.05) is 38.3 Å². The van der Waals surface area contributed by atoms with E-state index in [1.54, 1.807) is 4.90 Å². The molecule has 30 heavy (non-hydrogen) atoms. The Kier molecular flexibility index (Phi) is 9.22. The molecule has 2 rings (SSSR count). The Morgan fingerprint density at radius 3 is 2.60 bits per heavy atom. The second-order valence-electron chi connectivity index (χ2n) is 9.44. The molecule has 2 atom stereocenters. The first kappa shape index (κ1) is 24.7. The Morgan fingerprint density at radius 2 is 2.00 bits per heavy atom. The predicted molar refractivity (Wildman–Crippen MR) is 115 cm³/mol. The van der Waals surface area contributed by atoms with Crippen molar-refractivity contribution in [1.82, 2.24) is 9.80 Å². The largest absolute Gasteiger partial charge is 0.389 e.